The van der Waals surface area contributed by atoms with Crippen molar-refractivity contribution < 1.29 is 8.83 Å². The maximum atomic E-state index is 5.55. The van der Waals surface area contributed by atoms with Gasteiger partial charge in [-0.1, -0.05) is 6.92 Å². The van der Waals surface area contributed by atoms with E-state index < -0.39 is 0 Å². The van der Waals surface area contributed by atoms with Crippen molar-refractivity contribution in [1.29, 1.82) is 0 Å². The number of rotatable bonds is 4. The summed E-state index contributed by atoms with van der Waals surface area (Å²) < 4.78 is 10.7. The molecular formula is C11H15N3O2. The van der Waals surface area contributed by atoms with Crippen molar-refractivity contribution in [1.82, 2.24) is 15.5 Å². The van der Waals surface area contributed by atoms with Crippen LogP contribution in [0.5, 0.6) is 0 Å². The summed E-state index contributed by atoms with van der Waals surface area (Å²) in [7, 11) is 0. The number of aryl methyl sites for hydroxylation is 1. The van der Waals surface area contributed by atoms with Gasteiger partial charge in [0.15, 0.2) is 0 Å². The summed E-state index contributed by atoms with van der Waals surface area (Å²) in [4.78, 5) is 0. The number of aromatic nitrogens is 2. The van der Waals surface area contributed by atoms with E-state index in [1.165, 1.54) is 0 Å². The van der Waals surface area contributed by atoms with Crippen LogP contribution in [0.25, 0.3) is 11.5 Å². The molecule has 1 atom stereocenters. The molecule has 0 aliphatic carbocycles. The average molecular weight is 221 g/mol. The van der Waals surface area contributed by atoms with Crippen molar-refractivity contribution >= 4 is 0 Å². The van der Waals surface area contributed by atoms with E-state index in [0.717, 1.165) is 17.9 Å². The summed E-state index contributed by atoms with van der Waals surface area (Å²) in [6, 6.07) is 1.94. The molecule has 1 unspecified atom stereocenters. The fraction of sp³-hybridized carbons (Fsp3) is 0.455. The minimum Gasteiger partial charge on any atom is -0.469 e. The number of hydrogen-bond donors (Lipinski definition) is 1. The van der Waals surface area contributed by atoms with Crippen molar-refractivity contribution in [3.05, 3.63) is 24.0 Å². The largest absolute Gasteiger partial charge is 0.469 e. The molecule has 2 heterocycles. The van der Waals surface area contributed by atoms with Gasteiger partial charge in [-0.3, -0.25) is 0 Å². The standard InChI is InChI=1S/C11H15N3O2/c1-4-12-8(3)10-13-14-11(16-10)9-5-7(2)15-6-9/h5-6,8,12H,4H2,1-3H3. The molecule has 5 heteroatoms. The zero-order valence-electron chi connectivity index (χ0n) is 9.65. The van der Waals surface area contributed by atoms with Gasteiger partial charge < -0.3 is 14.2 Å². The van der Waals surface area contributed by atoms with Crippen molar-refractivity contribution in [2.24, 2.45) is 0 Å². The zero-order chi connectivity index (χ0) is 11.5. The van der Waals surface area contributed by atoms with E-state index in [-0.39, 0.29) is 6.04 Å². The second-order valence-corrected chi connectivity index (χ2v) is 3.67. The molecular weight excluding hydrogens is 206 g/mol. The highest BCUT2D eigenvalue weighted by Gasteiger charge is 2.14. The predicted molar refractivity (Wildman–Crippen MR) is 58.8 cm³/mol. The van der Waals surface area contributed by atoms with Gasteiger partial charge in [0.05, 0.1) is 11.6 Å². The summed E-state index contributed by atoms with van der Waals surface area (Å²) in [5.74, 6) is 1.92. The van der Waals surface area contributed by atoms with Gasteiger partial charge in [0.1, 0.15) is 12.0 Å². The molecule has 0 amide bonds. The summed E-state index contributed by atoms with van der Waals surface area (Å²) in [6.45, 7) is 6.76. The number of nitrogens with one attached hydrogen (secondary N) is 1. The van der Waals surface area contributed by atoms with Gasteiger partial charge >= 0.3 is 0 Å². The Morgan fingerprint density at radius 3 is 2.88 bits per heavy atom. The Hall–Kier alpha value is -1.62. The molecule has 0 saturated heterocycles. The average Bonchev–Trinajstić information content (AvgIpc) is 2.85. The quantitative estimate of drug-likeness (QED) is 0.858. The van der Waals surface area contributed by atoms with Crippen LogP contribution in [0.15, 0.2) is 21.2 Å². The first-order valence-corrected chi connectivity index (χ1v) is 5.33. The zero-order valence-corrected chi connectivity index (χ0v) is 9.65. The van der Waals surface area contributed by atoms with Crippen molar-refractivity contribution in [3.63, 3.8) is 0 Å². The van der Waals surface area contributed by atoms with Crippen molar-refractivity contribution in [2.75, 3.05) is 6.54 Å². The van der Waals surface area contributed by atoms with Gasteiger partial charge in [0, 0.05) is 0 Å². The lowest BCUT2D eigenvalue weighted by Crippen LogP contribution is -2.17. The highest BCUT2D eigenvalue weighted by Crippen LogP contribution is 2.22. The van der Waals surface area contributed by atoms with Gasteiger partial charge in [-0.2, -0.15) is 0 Å². The van der Waals surface area contributed by atoms with Crippen LogP contribution < -0.4 is 5.32 Å². The van der Waals surface area contributed by atoms with Gasteiger partial charge in [0.25, 0.3) is 5.89 Å². The molecule has 0 spiro atoms. The van der Waals surface area contributed by atoms with Crippen molar-refractivity contribution in [3.8, 4) is 11.5 Å². The second kappa shape index (κ2) is 4.49. The van der Waals surface area contributed by atoms with Crippen LogP contribution in [0.4, 0.5) is 0 Å². The van der Waals surface area contributed by atoms with Gasteiger partial charge in [-0.25, -0.2) is 0 Å². The molecule has 0 bridgehead atoms. The van der Waals surface area contributed by atoms with E-state index in [1.54, 1.807) is 6.26 Å². The Balaban J connectivity index is 2.19. The lowest BCUT2D eigenvalue weighted by molar-refractivity contribution is 0.428. The topological polar surface area (TPSA) is 64.1 Å². The third kappa shape index (κ3) is 2.14. The van der Waals surface area contributed by atoms with E-state index in [9.17, 15) is 0 Å². The molecule has 0 radical (unpaired) electrons. The Morgan fingerprint density at radius 1 is 1.44 bits per heavy atom. The molecule has 2 aromatic rings. The Labute approximate surface area is 93.9 Å². The summed E-state index contributed by atoms with van der Waals surface area (Å²) in [5, 5.41) is 11.2. The molecule has 0 fully saturated rings. The summed E-state index contributed by atoms with van der Waals surface area (Å²) >= 11 is 0. The van der Waals surface area contributed by atoms with Crippen LogP contribution in [0, 0.1) is 6.92 Å². The van der Waals surface area contributed by atoms with Gasteiger partial charge in [0.2, 0.25) is 5.89 Å². The molecule has 0 aliphatic rings. The third-order valence-electron chi connectivity index (χ3n) is 2.30. The first-order chi connectivity index (χ1) is 7.70. The van der Waals surface area contributed by atoms with E-state index in [1.807, 2.05) is 26.8 Å². The summed E-state index contributed by atoms with van der Waals surface area (Å²) in [6.07, 6.45) is 1.62. The minimum atomic E-state index is 0.0687. The molecule has 2 aromatic heterocycles. The number of nitrogens with zero attached hydrogens (tertiary/aromatic N) is 2. The van der Waals surface area contributed by atoms with Crippen LogP contribution in [-0.2, 0) is 0 Å². The molecule has 2 rings (SSSR count). The van der Waals surface area contributed by atoms with Crippen LogP contribution >= 0.6 is 0 Å². The normalized spacial score (nSPS) is 12.9. The van der Waals surface area contributed by atoms with Gasteiger partial charge in [-0.05, 0) is 26.5 Å². The van der Waals surface area contributed by atoms with Crippen LogP contribution in [0.1, 0.15) is 31.5 Å². The number of hydrogen-bond acceptors (Lipinski definition) is 5. The molecule has 5 nitrogen and oxygen atoms in total. The predicted octanol–water partition coefficient (Wildman–Crippen LogP) is 2.31. The van der Waals surface area contributed by atoms with E-state index >= 15 is 0 Å². The molecule has 16 heavy (non-hydrogen) atoms. The van der Waals surface area contributed by atoms with Crippen molar-refractivity contribution in [2.45, 2.75) is 26.8 Å². The van der Waals surface area contributed by atoms with Gasteiger partial charge in [-0.15, -0.1) is 10.2 Å². The van der Waals surface area contributed by atoms with Crippen LogP contribution in [0.3, 0.4) is 0 Å². The second-order valence-electron chi connectivity index (χ2n) is 3.67. The summed E-state index contributed by atoms with van der Waals surface area (Å²) in [5.41, 5.74) is 0.819. The maximum absolute atomic E-state index is 5.55. The highest BCUT2D eigenvalue weighted by molar-refractivity contribution is 5.50. The Bertz CT molecular complexity index is 461. The number of furan rings is 1. The first kappa shape index (κ1) is 10.9. The van der Waals surface area contributed by atoms with E-state index in [4.69, 9.17) is 8.83 Å². The molecule has 1 N–H and O–H groups in total. The molecule has 0 aliphatic heterocycles. The maximum Gasteiger partial charge on any atom is 0.251 e. The fourth-order valence-electron chi connectivity index (χ4n) is 1.48. The highest BCUT2D eigenvalue weighted by atomic mass is 16.4. The monoisotopic (exact) mass is 221 g/mol. The van der Waals surface area contributed by atoms with E-state index in [2.05, 4.69) is 15.5 Å². The fourth-order valence-corrected chi connectivity index (χ4v) is 1.48. The van der Waals surface area contributed by atoms with Crippen LogP contribution in [0.2, 0.25) is 0 Å². The molecule has 0 saturated carbocycles. The lowest BCUT2D eigenvalue weighted by atomic mass is 10.3. The third-order valence-corrected chi connectivity index (χ3v) is 2.30. The smallest absolute Gasteiger partial charge is 0.251 e. The Kier molecular flexibility index (Phi) is 3.05. The van der Waals surface area contributed by atoms with E-state index in [0.29, 0.717) is 11.8 Å². The lowest BCUT2D eigenvalue weighted by Gasteiger charge is -2.05. The SMILES string of the molecule is CCNC(C)c1nnc(-c2coc(C)c2)o1. The minimum absolute atomic E-state index is 0.0687. The first-order valence-electron chi connectivity index (χ1n) is 5.33. The molecule has 0 aromatic carbocycles. The van der Waals surface area contributed by atoms with Crippen LogP contribution in [-0.4, -0.2) is 16.7 Å². The Morgan fingerprint density at radius 2 is 2.25 bits per heavy atom. The molecule has 86 valence electrons.